The third kappa shape index (κ3) is 3.77. The Morgan fingerprint density at radius 1 is 1.16 bits per heavy atom. The van der Waals surface area contributed by atoms with E-state index in [1.807, 2.05) is 24.3 Å². The average Bonchev–Trinajstić information content (AvgIpc) is 2.46. The summed E-state index contributed by atoms with van der Waals surface area (Å²) in [5.41, 5.74) is 7.95. The number of halogens is 1. The van der Waals surface area contributed by atoms with E-state index in [1.165, 1.54) is 6.20 Å². The fourth-order valence-electron chi connectivity index (χ4n) is 1.58. The molecule has 0 bridgehead atoms. The van der Waals surface area contributed by atoms with Crippen LogP contribution in [0.4, 0.5) is 0 Å². The van der Waals surface area contributed by atoms with Crippen LogP contribution in [0.25, 0.3) is 0 Å². The lowest BCUT2D eigenvalue weighted by Crippen LogP contribution is -2.23. The zero-order valence-electron chi connectivity index (χ0n) is 10.3. The fraction of sp³-hybridized carbons (Fsp3) is 0.143. The molecule has 0 unspecified atom stereocenters. The molecule has 1 amide bonds. The van der Waals surface area contributed by atoms with Crippen molar-refractivity contribution in [1.29, 1.82) is 0 Å². The van der Waals surface area contributed by atoms with E-state index in [0.29, 0.717) is 23.8 Å². The third-order valence-corrected chi connectivity index (χ3v) is 2.90. The van der Waals surface area contributed by atoms with E-state index >= 15 is 0 Å². The van der Waals surface area contributed by atoms with Crippen molar-refractivity contribution in [3.05, 3.63) is 64.4 Å². The standard InChI is InChI=1S/C14H14ClN3O/c15-12-5-6-13(17-9-12)14(19)18-8-11-3-1-10(7-16)2-4-11/h1-6,9H,7-8,16H2,(H,18,19). The van der Waals surface area contributed by atoms with Crippen LogP contribution >= 0.6 is 11.6 Å². The number of amides is 1. The summed E-state index contributed by atoms with van der Waals surface area (Å²) in [6.07, 6.45) is 1.45. The number of benzene rings is 1. The Morgan fingerprint density at radius 2 is 1.84 bits per heavy atom. The van der Waals surface area contributed by atoms with E-state index in [1.54, 1.807) is 12.1 Å². The first-order valence-corrected chi connectivity index (χ1v) is 6.24. The van der Waals surface area contributed by atoms with Crippen molar-refractivity contribution in [2.24, 2.45) is 5.73 Å². The number of nitrogens with two attached hydrogens (primary N) is 1. The molecule has 0 aliphatic heterocycles. The number of carbonyl (C=O) groups is 1. The lowest BCUT2D eigenvalue weighted by molar-refractivity contribution is 0.0946. The molecule has 0 spiro atoms. The second-order valence-electron chi connectivity index (χ2n) is 4.06. The highest BCUT2D eigenvalue weighted by molar-refractivity contribution is 6.30. The Labute approximate surface area is 116 Å². The maximum absolute atomic E-state index is 11.8. The van der Waals surface area contributed by atoms with Crippen LogP contribution in [0.15, 0.2) is 42.6 Å². The first-order chi connectivity index (χ1) is 9.19. The number of aromatic nitrogens is 1. The summed E-state index contributed by atoms with van der Waals surface area (Å²) >= 11 is 5.71. The molecule has 2 rings (SSSR count). The highest BCUT2D eigenvalue weighted by Crippen LogP contribution is 2.07. The fourth-order valence-corrected chi connectivity index (χ4v) is 1.69. The summed E-state index contributed by atoms with van der Waals surface area (Å²) < 4.78 is 0. The number of nitrogens with one attached hydrogen (secondary N) is 1. The summed E-state index contributed by atoms with van der Waals surface area (Å²) in [5, 5.41) is 3.30. The maximum Gasteiger partial charge on any atom is 0.270 e. The Balaban J connectivity index is 1.94. The van der Waals surface area contributed by atoms with Crippen LogP contribution < -0.4 is 11.1 Å². The molecular formula is C14H14ClN3O. The van der Waals surface area contributed by atoms with Gasteiger partial charge in [-0.05, 0) is 23.3 Å². The first-order valence-electron chi connectivity index (χ1n) is 5.86. The van der Waals surface area contributed by atoms with E-state index in [0.717, 1.165) is 11.1 Å². The van der Waals surface area contributed by atoms with Gasteiger partial charge in [0.25, 0.3) is 5.91 Å². The molecule has 0 radical (unpaired) electrons. The minimum Gasteiger partial charge on any atom is -0.347 e. The normalized spacial score (nSPS) is 10.2. The van der Waals surface area contributed by atoms with E-state index in [2.05, 4.69) is 10.3 Å². The predicted molar refractivity (Wildman–Crippen MR) is 74.8 cm³/mol. The molecule has 98 valence electrons. The van der Waals surface area contributed by atoms with Crippen LogP contribution in [0.5, 0.6) is 0 Å². The van der Waals surface area contributed by atoms with Crippen molar-refractivity contribution < 1.29 is 4.79 Å². The lowest BCUT2D eigenvalue weighted by Gasteiger charge is -2.05. The Morgan fingerprint density at radius 3 is 2.42 bits per heavy atom. The Bertz CT molecular complexity index is 552. The SMILES string of the molecule is NCc1ccc(CNC(=O)c2ccc(Cl)cn2)cc1. The summed E-state index contributed by atoms with van der Waals surface area (Å²) in [6.45, 7) is 0.968. The molecule has 0 saturated carbocycles. The summed E-state index contributed by atoms with van der Waals surface area (Å²) in [7, 11) is 0. The van der Waals surface area contributed by atoms with E-state index in [-0.39, 0.29) is 5.91 Å². The van der Waals surface area contributed by atoms with Crippen molar-refractivity contribution in [2.75, 3.05) is 0 Å². The Hall–Kier alpha value is -1.91. The molecule has 0 saturated heterocycles. The van der Waals surface area contributed by atoms with Crippen molar-refractivity contribution in [1.82, 2.24) is 10.3 Å². The zero-order valence-corrected chi connectivity index (χ0v) is 11.0. The monoisotopic (exact) mass is 275 g/mol. The number of rotatable bonds is 4. The number of hydrogen-bond acceptors (Lipinski definition) is 3. The second kappa shape index (κ2) is 6.31. The lowest BCUT2D eigenvalue weighted by atomic mass is 10.1. The number of pyridine rings is 1. The predicted octanol–water partition coefficient (Wildman–Crippen LogP) is 2.12. The highest BCUT2D eigenvalue weighted by Gasteiger charge is 2.06. The van der Waals surface area contributed by atoms with Crippen LogP contribution in [0.3, 0.4) is 0 Å². The van der Waals surface area contributed by atoms with Crippen LogP contribution in [-0.4, -0.2) is 10.9 Å². The topological polar surface area (TPSA) is 68.0 Å². The quantitative estimate of drug-likeness (QED) is 0.898. The van der Waals surface area contributed by atoms with Crippen molar-refractivity contribution in [3.8, 4) is 0 Å². The minimum absolute atomic E-state index is 0.223. The van der Waals surface area contributed by atoms with Crippen LogP contribution in [0.2, 0.25) is 5.02 Å². The largest absolute Gasteiger partial charge is 0.347 e. The molecule has 0 aliphatic rings. The van der Waals surface area contributed by atoms with Gasteiger partial charge in [-0.1, -0.05) is 35.9 Å². The summed E-state index contributed by atoms with van der Waals surface area (Å²) in [6, 6.07) is 11.0. The maximum atomic E-state index is 11.8. The van der Waals surface area contributed by atoms with Crippen molar-refractivity contribution >= 4 is 17.5 Å². The molecule has 5 heteroatoms. The zero-order chi connectivity index (χ0) is 13.7. The van der Waals surface area contributed by atoms with Gasteiger partial charge in [0.2, 0.25) is 0 Å². The molecule has 3 N–H and O–H groups in total. The molecule has 1 aromatic carbocycles. The minimum atomic E-state index is -0.223. The molecule has 2 aromatic rings. The van der Waals surface area contributed by atoms with Crippen LogP contribution in [-0.2, 0) is 13.1 Å². The van der Waals surface area contributed by atoms with Gasteiger partial charge in [0.15, 0.2) is 0 Å². The van der Waals surface area contributed by atoms with Gasteiger partial charge in [-0.2, -0.15) is 0 Å². The van der Waals surface area contributed by atoms with Crippen molar-refractivity contribution in [2.45, 2.75) is 13.1 Å². The molecule has 0 atom stereocenters. The van der Waals surface area contributed by atoms with E-state index in [4.69, 9.17) is 17.3 Å². The van der Waals surface area contributed by atoms with Gasteiger partial charge in [-0.3, -0.25) is 4.79 Å². The summed E-state index contributed by atoms with van der Waals surface area (Å²) in [5.74, 6) is -0.223. The van der Waals surface area contributed by atoms with Crippen LogP contribution in [0, 0.1) is 0 Å². The first kappa shape index (κ1) is 13.5. The summed E-state index contributed by atoms with van der Waals surface area (Å²) in [4.78, 5) is 15.8. The van der Waals surface area contributed by atoms with Gasteiger partial charge in [0, 0.05) is 19.3 Å². The molecule has 1 heterocycles. The van der Waals surface area contributed by atoms with E-state index < -0.39 is 0 Å². The van der Waals surface area contributed by atoms with E-state index in [9.17, 15) is 4.79 Å². The van der Waals surface area contributed by atoms with Crippen molar-refractivity contribution in [3.63, 3.8) is 0 Å². The number of nitrogens with zero attached hydrogens (tertiary/aromatic N) is 1. The van der Waals surface area contributed by atoms with Crippen LogP contribution in [0.1, 0.15) is 21.6 Å². The van der Waals surface area contributed by atoms with Gasteiger partial charge in [-0.25, -0.2) is 4.98 Å². The Kier molecular flexibility index (Phi) is 4.49. The van der Waals surface area contributed by atoms with Gasteiger partial charge in [0.05, 0.1) is 5.02 Å². The van der Waals surface area contributed by atoms with Gasteiger partial charge >= 0.3 is 0 Å². The third-order valence-electron chi connectivity index (χ3n) is 2.67. The van der Waals surface area contributed by atoms with Gasteiger partial charge < -0.3 is 11.1 Å². The number of hydrogen-bond donors (Lipinski definition) is 2. The van der Waals surface area contributed by atoms with Gasteiger partial charge in [0.1, 0.15) is 5.69 Å². The molecular weight excluding hydrogens is 262 g/mol. The highest BCUT2D eigenvalue weighted by atomic mass is 35.5. The smallest absolute Gasteiger partial charge is 0.270 e. The molecule has 4 nitrogen and oxygen atoms in total. The second-order valence-corrected chi connectivity index (χ2v) is 4.50. The average molecular weight is 276 g/mol. The molecule has 0 aliphatic carbocycles. The van der Waals surface area contributed by atoms with Gasteiger partial charge in [-0.15, -0.1) is 0 Å². The molecule has 0 fully saturated rings. The molecule has 1 aromatic heterocycles. The number of carbonyl (C=O) groups excluding carboxylic acids is 1. The molecule has 19 heavy (non-hydrogen) atoms.